The van der Waals surface area contributed by atoms with E-state index in [9.17, 15) is 0 Å². The topological polar surface area (TPSA) is 27.0 Å². The van der Waals surface area contributed by atoms with Crippen LogP contribution in [0.25, 0.3) is 0 Å². The highest BCUT2D eigenvalue weighted by Gasteiger charge is 2.25. The van der Waals surface area contributed by atoms with Gasteiger partial charge in [-0.15, -0.1) is 0 Å². The molecule has 0 radical (unpaired) electrons. The molecule has 2 nitrogen and oxygen atoms in total. The van der Waals surface area contributed by atoms with Crippen molar-refractivity contribution in [2.75, 3.05) is 0 Å². The summed E-state index contributed by atoms with van der Waals surface area (Å²) in [6.45, 7) is 5.45. The predicted molar refractivity (Wildman–Crippen MR) is 74.5 cm³/mol. The van der Waals surface area contributed by atoms with Gasteiger partial charge in [-0.3, -0.25) is 4.90 Å². The number of hydrogen-bond donors (Lipinski definition) is 0. The Hall–Kier alpha value is -1.04. The van der Waals surface area contributed by atoms with Crippen molar-refractivity contribution >= 4 is 11.6 Å². The molecule has 3 heteroatoms. The molecule has 0 amide bonds. The molecule has 2 unspecified atom stereocenters. The van der Waals surface area contributed by atoms with Gasteiger partial charge in [0, 0.05) is 23.7 Å². The SMILES string of the molecule is CC1CCCC(C)N1Cc1ccc(C#N)cc1Cl. The molecule has 2 atom stereocenters. The van der Waals surface area contributed by atoms with E-state index in [0.717, 1.165) is 12.1 Å². The summed E-state index contributed by atoms with van der Waals surface area (Å²) >= 11 is 6.25. The third-order valence-electron chi connectivity index (χ3n) is 3.91. The van der Waals surface area contributed by atoms with Crippen molar-refractivity contribution in [3.8, 4) is 6.07 Å². The minimum absolute atomic E-state index is 0.612. The van der Waals surface area contributed by atoms with Crippen LogP contribution in [0.3, 0.4) is 0 Å². The molecule has 0 bridgehead atoms. The molecule has 0 N–H and O–H groups in total. The van der Waals surface area contributed by atoms with Crippen LogP contribution < -0.4 is 0 Å². The average Bonchev–Trinajstić information content (AvgIpc) is 2.35. The van der Waals surface area contributed by atoms with Crippen LogP contribution >= 0.6 is 11.6 Å². The first kappa shape index (κ1) is 13.4. The molecule has 1 aromatic rings. The van der Waals surface area contributed by atoms with E-state index in [4.69, 9.17) is 16.9 Å². The molecule has 1 aliphatic rings. The summed E-state index contributed by atoms with van der Waals surface area (Å²) in [6, 6.07) is 8.93. The van der Waals surface area contributed by atoms with E-state index in [0.29, 0.717) is 22.7 Å². The second-order valence-corrected chi connectivity index (χ2v) is 5.63. The summed E-state index contributed by atoms with van der Waals surface area (Å²) in [4.78, 5) is 2.51. The Morgan fingerprint density at radius 2 is 2.00 bits per heavy atom. The zero-order valence-corrected chi connectivity index (χ0v) is 11.7. The molecule has 2 rings (SSSR count). The van der Waals surface area contributed by atoms with Crippen molar-refractivity contribution in [3.63, 3.8) is 0 Å². The molecule has 1 aliphatic heterocycles. The standard InChI is InChI=1S/C15H19ClN2/c1-11-4-3-5-12(2)18(11)10-14-7-6-13(9-17)8-15(14)16/h6-8,11-12H,3-5,10H2,1-2H3. The summed E-state index contributed by atoms with van der Waals surface area (Å²) in [5.41, 5.74) is 1.75. The van der Waals surface area contributed by atoms with Gasteiger partial charge in [0.25, 0.3) is 0 Å². The molecule has 1 aromatic carbocycles. The second-order valence-electron chi connectivity index (χ2n) is 5.22. The third kappa shape index (κ3) is 2.85. The van der Waals surface area contributed by atoms with Crippen LogP contribution in [0.1, 0.15) is 44.2 Å². The fraction of sp³-hybridized carbons (Fsp3) is 0.533. The first-order chi connectivity index (χ1) is 8.61. The highest BCUT2D eigenvalue weighted by molar-refractivity contribution is 6.31. The van der Waals surface area contributed by atoms with Gasteiger partial charge in [0.2, 0.25) is 0 Å². The lowest BCUT2D eigenvalue weighted by atomic mass is 9.96. The van der Waals surface area contributed by atoms with Crippen LogP contribution in [0.2, 0.25) is 5.02 Å². The van der Waals surface area contributed by atoms with Gasteiger partial charge in [-0.1, -0.05) is 24.1 Å². The number of likely N-dealkylation sites (tertiary alicyclic amines) is 1. The van der Waals surface area contributed by atoms with Crippen LogP contribution in [0.4, 0.5) is 0 Å². The van der Waals surface area contributed by atoms with E-state index in [-0.39, 0.29) is 0 Å². The number of nitriles is 1. The van der Waals surface area contributed by atoms with Crippen molar-refractivity contribution in [2.45, 2.75) is 51.7 Å². The molecule has 96 valence electrons. The minimum Gasteiger partial charge on any atom is -0.294 e. The van der Waals surface area contributed by atoms with Gasteiger partial charge in [0.15, 0.2) is 0 Å². The lowest BCUT2D eigenvalue weighted by Gasteiger charge is -2.39. The monoisotopic (exact) mass is 262 g/mol. The van der Waals surface area contributed by atoms with E-state index >= 15 is 0 Å². The molecule has 0 saturated carbocycles. The van der Waals surface area contributed by atoms with Crippen molar-refractivity contribution < 1.29 is 0 Å². The number of benzene rings is 1. The lowest BCUT2D eigenvalue weighted by molar-refractivity contribution is 0.0953. The number of nitrogens with zero attached hydrogens (tertiary/aromatic N) is 2. The van der Waals surface area contributed by atoms with Gasteiger partial charge in [0.1, 0.15) is 0 Å². The van der Waals surface area contributed by atoms with Crippen molar-refractivity contribution in [1.82, 2.24) is 4.90 Å². The average molecular weight is 263 g/mol. The summed E-state index contributed by atoms with van der Waals surface area (Å²) in [5.74, 6) is 0. The Bertz CT molecular complexity index is 454. The zero-order chi connectivity index (χ0) is 13.1. The molecular formula is C15H19ClN2. The number of halogens is 1. The predicted octanol–water partition coefficient (Wildman–Crippen LogP) is 3.97. The van der Waals surface area contributed by atoms with E-state index in [1.165, 1.54) is 19.3 Å². The summed E-state index contributed by atoms with van der Waals surface area (Å²) in [6.07, 6.45) is 3.84. The second kappa shape index (κ2) is 5.73. The molecule has 18 heavy (non-hydrogen) atoms. The lowest BCUT2D eigenvalue weighted by Crippen LogP contribution is -2.43. The van der Waals surface area contributed by atoms with Gasteiger partial charge >= 0.3 is 0 Å². The van der Waals surface area contributed by atoms with Gasteiger partial charge in [-0.25, -0.2) is 0 Å². The smallest absolute Gasteiger partial charge is 0.0992 e. The maximum atomic E-state index is 8.84. The van der Waals surface area contributed by atoms with Crippen LogP contribution in [0, 0.1) is 11.3 Å². The fourth-order valence-electron chi connectivity index (χ4n) is 2.73. The fourth-order valence-corrected chi connectivity index (χ4v) is 2.97. The first-order valence-electron chi connectivity index (χ1n) is 6.56. The van der Waals surface area contributed by atoms with Gasteiger partial charge in [-0.2, -0.15) is 5.26 Å². The van der Waals surface area contributed by atoms with E-state index in [1.807, 2.05) is 12.1 Å². The van der Waals surface area contributed by atoms with Gasteiger partial charge in [-0.05, 0) is 44.4 Å². The number of piperidine rings is 1. The van der Waals surface area contributed by atoms with Crippen LogP contribution in [0.5, 0.6) is 0 Å². The van der Waals surface area contributed by atoms with E-state index in [2.05, 4.69) is 24.8 Å². The Labute approximate surface area is 114 Å². The molecular weight excluding hydrogens is 244 g/mol. The highest BCUT2D eigenvalue weighted by atomic mass is 35.5. The van der Waals surface area contributed by atoms with E-state index in [1.54, 1.807) is 6.07 Å². The van der Waals surface area contributed by atoms with Gasteiger partial charge in [0.05, 0.1) is 11.6 Å². The molecule has 0 aliphatic carbocycles. The van der Waals surface area contributed by atoms with Crippen LogP contribution in [-0.4, -0.2) is 17.0 Å². The maximum Gasteiger partial charge on any atom is 0.0992 e. The molecule has 0 spiro atoms. The third-order valence-corrected chi connectivity index (χ3v) is 4.26. The Kier molecular flexibility index (Phi) is 4.27. The molecule has 1 fully saturated rings. The summed E-state index contributed by atoms with van der Waals surface area (Å²) in [7, 11) is 0. The first-order valence-corrected chi connectivity index (χ1v) is 6.94. The quantitative estimate of drug-likeness (QED) is 0.806. The Morgan fingerprint density at radius 1 is 1.33 bits per heavy atom. The maximum absolute atomic E-state index is 8.84. The number of hydrogen-bond acceptors (Lipinski definition) is 2. The normalized spacial score (nSPS) is 24.8. The van der Waals surface area contributed by atoms with Crippen LogP contribution in [0.15, 0.2) is 18.2 Å². The Balaban J connectivity index is 2.15. The largest absolute Gasteiger partial charge is 0.294 e. The summed E-state index contributed by atoms with van der Waals surface area (Å²) in [5, 5.41) is 9.55. The highest BCUT2D eigenvalue weighted by Crippen LogP contribution is 2.27. The molecule has 1 saturated heterocycles. The van der Waals surface area contributed by atoms with Gasteiger partial charge < -0.3 is 0 Å². The minimum atomic E-state index is 0.612. The number of rotatable bonds is 2. The van der Waals surface area contributed by atoms with Crippen molar-refractivity contribution in [1.29, 1.82) is 5.26 Å². The molecule has 1 heterocycles. The summed E-state index contributed by atoms with van der Waals surface area (Å²) < 4.78 is 0. The van der Waals surface area contributed by atoms with Crippen molar-refractivity contribution in [3.05, 3.63) is 34.3 Å². The van der Waals surface area contributed by atoms with Crippen molar-refractivity contribution in [2.24, 2.45) is 0 Å². The Morgan fingerprint density at radius 3 is 2.56 bits per heavy atom. The molecule has 0 aromatic heterocycles. The van der Waals surface area contributed by atoms with Crippen LogP contribution in [-0.2, 0) is 6.54 Å². The zero-order valence-electron chi connectivity index (χ0n) is 11.0. The van der Waals surface area contributed by atoms with E-state index < -0.39 is 0 Å².